The van der Waals surface area contributed by atoms with Crippen molar-refractivity contribution in [3.8, 4) is 0 Å². The van der Waals surface area contributed by atoms with Crippen molar-refractivity contribution in [1.29, 1.82) is 0 Å². The fraction of sp³-hybridized carbons (Fsp3) is 0.286. The Morgan fingerprint density at radius 2 is 1.53 bits per heavy atom. The molecule has 0 fully saturated rings. The summed E-state index contributed by atoms with van der Waals surface area (Å²) in [6.07, 6.45) is 0. The molecule has 2 amide bonds. The van der Waals surface area contributed by atoms with E-state index in [0.29, 0.717) is 16.6 Å². The van der Waals surface area contributed by atoms with Crippen molar-refractivity contribution in [3.63, 3.8) is 0 Å². The van der Waals surface area contributed by atoms with Crippen LogP contribution in [0.2, 0.25) is 10.0 Å². The molecule has 1 unspecified atom stereocenters. The Bertz CT molecular complexity index is 1350. The number of benzene rings is 3. The highest BCUT2D eigenvalue weighted by molar-refractivity contribution is 7.92. The van der Waals surface area contributed by atoms with Crippen LogP contribution in [-0.4, -0.2) is 44.3 Å². The van der Waals surface area contributed by atoms with Gasteiger partial charge in [-0.3, -0.25) is 13.9 Å². The molecule has 3 aromatic rings. The van der Waals surface area contributed by atoms with E-state index in [2.05, 4.69) is 5.32 Å². The van der Waals surface area contributed by atoms with E-state index < -0.39 is 28.5 Å². The highest BCUT2D eigenvalue weighted by atomic mass is 35.5. The van der Waals surface area contributed by atoms with Gasteiger partial charge in [-0.25, -0.2) is 8.42 Å². The number of hydrogen-bond acceptors (Lipinski definition) is 4. The largest absolute Gasteiger partial charge is 0.354 e. The van der Waals surface area contributed by atoms with Crippen LogP contribution in [0.3, 0.4) is 0 Å². The minimum absolute atomic E-state index is 0.0275. The Kier molecular flexibility index (Phi) is 10.2. The molecule has 1 atom stereocenters. The highest BCUT2D eigenvalue weighted by Crippen LogP contribution is 2.27. The van der Waals surface area contributed by atoms with Gasteiger partial charge < -0.3 is 10.2 Å². The van der Waals surface area contributed by atoms with Crippen molar-refractivity contribution in [3.05, 3.63) is 94.5 Å². The van der Waals surface area contributed by atoms with Crippen molar-refractivity contribution in [1.82, 2.24) is 10.2 Å². The summed E-state index contributed by atoms with van der Waals surface area (Å²) in [5, 5.41) is 3.72. The first-order valence-electron chi connectivity index (χ1n) is 12.1. The Labute approximate surface area is 234 Å². The zero-order chi connectivity index (χ0) is 27.9. The van der Waals surface area contributed by atoms with E-state index in [1.54, 1.807) is 67.6 Å². The summed E-state index contributed by atoms with van der Waals surface area (Å²) in [6, 6.07) is 20.2. The van der Waals surface area contributed by atoms with Gasteiger partial charge in [0.05, 0.1) is 10.6 Å². The van der Waals surface area contributed by atoms with Crippen LogP contribution in [0.1, 0.15) is 26.3 Å². The smallest absolute Gasteiger partial charge is 0.264 e. The lowest BCUT2D eigenvalue weighted by atomic mass is 10.1. The highest BCUT2D eigenvalue weighted by Gasteiger charge is 2.32. The van der Waals surface area contributed by atoms with Gasteiger partial charge in [-0.2, -0.15) is 0 Å². The first-order chi connectivity index (χ1) is 18.0. The first kappa shape index (κ1) is 29.5. The van der Waals surface area contributed by atoms with Gasteiger partial charge in [0, 0.05) is 23.1 Å². The molecule has 0 spiro atoms. The van der Waals surface area contributed by atoms with E-state index in [4.69, 9.17) is 23.2 Å². The number of rotatable bonds is 11. The number of carbonyl (C=O) groups excluding carboxylic acids is 2. The zero-order valence-electron chi connectivity index (χ0n) is 21.5. The van der Waals surface area contributed by atoms with Gasteiger partial charge in [0.2, 0.25) is 11.8 Å². The first-order valence-corrected chi connectivity index (χ1v) is 14.3. The monoisotopic (exact) mass is 575 g/mol. The Hall–Kier alpha value is -3.07. The quantitative estimate of drug-likeness (QED) is 0.332. The third-order valence-corrected chi connectivity index (χ3v) is 8.10. The van der Waals surface area contributed by atoms with Crippen LogP contribution in [-0.2, 0) is 26.2 Å². The molecule has 0 radical (unpaired) electrons. The summed E-state index contributed by atoms with van der Waals surface area (Å²) in [6.45, 7) is 5.56. The second kappa shape index (κ2) is 13.1. The molecule has 0 saturated heterocycles. The van der Waals surface area contributed by atoms with Crippen LogP contribution in [0.15, 0.2) is 83.8 Å². The number of carbonyl (C=O) groups is 2. The summed E-state index contributed by atoms with van der Waals surface area (Å²) in [5.41, 5.74) is 0.976. The predicted molar refractivity (Wildman–Crippen MR) is 152 cm³/mol. The molecule has 3 rings (SSSR count). The molecule has 38 heavy (non-hydrogen) atoms. The van der Waals surface area contributed by atoms with Gasteiger partial charge in [0.1, 0.15) is 12.6 Å². The van der Waals surface area contributed by atoms with Gasteiger partial charge >= 0.3 is 0 Å². The van der Waals surface area contributed by atoms with Gasteiger partial charge in [-0.1, -0.05) is 73.4 Å². The number of hydrogen-bond donors (Lipinski definition) is 1. The maximum Gasteiger partial charge on any atom is 0.264 e. The normalized spacial score (nSPS) is 12.2. The molecule has 1 N–H and O–H groups in total. The van der Waals surface area contributed by atoms with Crippen molar-refractivity contribution in [2.45, 2.75) is 38.3 Å². The number of sulfonamides is 1. The number of halogens is 2. The Balaban J connectivity index is 1.99. The second-order valence-electron chi connectivity index (χ2n) is 9.27. The lowest BCUT2D eigenvalue weighted by molar-refractivity contribution is -0.139. The summed E-state index contributed by atoms with van der Waals surface area (Å²) < 4.78 is 28.4. The van der Waals surface area contributed by atoms with Crippen LogP contribution in [0, 0.1) is 5.92 Å². The second-order valence-corrected chi connectivity index (χ2v) is 12.0. The average Bonchev–Trinajstić information content (AvgIpc) is 2.89. The Morgan fingerprint density at radius 3 is 2.13 bits per heavy atom. The number of nitrogens with zero attached hydrogens (tertiary/aromatic N) is 2. The molecule has 0 aliphatic rings. The lowest BCUT2D eigenvalue weighted by Crippen LogP contribution is -2.51. The third-order valence-electron chi connectivity index (χ3n) is 5.82. The van der Waals surface area contributed by atoms with Crippen molar-refractivity contribution < 1.29 is 18.0 Å². The maximum atomic E-state index is 13.8. The van der Waals surface area contributed by atoms with Gasteiger partial charge in [0.25, 0.3) is 10.0 Å². The molecule has 0 bridgehead atoms. The molecule has 3 aromatic carbocycles. The minimum atomic E-state index is -4.14. The fourth-order valence-electron chi connectivity index (χ4n) is 3.70. The molecule has 202 valence electrons. The average molecular weight is 577 g/mol. The molecule has 0 aromatic heterocycles. The summed E-state index contributed by atoms with van der Waals surface area (Å²) >= 11 is 12.2. The SMILES string of the molecule is CC(C)CNC(=O)C(C)N(Cc1ccc(Cl)cc1)C(=O)CN(c1cccc(Cl)c1)S(=O)(=O)c1ccccc1. The van der Waals surface area contributed by atoms with Crippen LogP contribution in [0.25, 0.3) is 0 Å². The number of amides is 2. The van der Waals surface area contributed by atoms with E-state index >= 15 is 0 Å². The van der Waals surface area contributed by atoms with Crippen molar-refractivity contribution >= 4 is 50.7 Å². The van der Waals surface area contributed by atoms with Gasteiger partial charge in [-0.15, -0.1) is 0 Å². The van der Waals surface area contributed by atoms with E-state index in [1.807, 2.05) is 13.8 Å². The van der Waals surface area contributed by atoms with Crippen LogP contribution in [0.4, 0.5) is 5.69 Å². The molecular weight excluding hydrogens is 545 g/mol. The summed E-state index contributed by atoms with van der Waals surface area (Å²) in [5.74, 6) is -0.659. The Morgan fingerprint density at radius 1 is 0.868 bits per heavy atom. The van der Waals surface area contributed by atoms with Gasteiger partial charge in [0.15, 0.2) is 0 Å². The molecular formula is C28H31Cl2N3O4S. The fourth-order valence-corrected chi connectivity index (χ4v) is 5.44. The van der Waals surface area contributed by atoms with E-state index in [-0.39, 0.29) is 29.0 Å². The lowest BCUT2D eigenvalue weighted by Gasteiger charge is -2.32. The van der Waals surface area contributed by atoms with Crippen LogP contribution < -0.4 is 9.62 Å². The van der Waals surface area contributed by atoms with Gasteiger partial charge in [-0.05, 0) is 60.9 Å². The predicted octanol–water partition coefficient (Wildman–Crippen LogP) is 5.38. The standard InChI is InChI=1S/C28H31Cl2N3O4S/c1-20(2)17-31-28(35)21(3)32(18-22-12-14-23(29)15-13-22)27(34)19-33(25-9-7-8-24(30)16-25)38(36,37)26-10-5-4-6-11-26/h4-16,20-21H,17-19H2,1-3H3,(H,31,35). The van der Waals surface area contributed by atoms with Crippen LogP contribution in [0.5, 0.6) is 0 Å². The number of nitrogens with one attached hydrogen (secondary N) is 1. The van der Waals surface area contributed by atoms with Crippen LogP contribution >= 0.6 is 23.2 Å². The molecule has 0 aliphatic heterocycles. The summed E-state index contributed by atoms with van der Waals surface area (Å²) in [4.78, 5) is 28.2. The molecule has 0 heterocycles. The molecule has 0 aliphatic carbocycles. The topological polar surface area (TPSA) is 86.8 Å². The van der Waals surface area contributed by atoms with E-state index in [0.717, 1.165) is 9.87 Å². The number of anilines is 1. The molecule has 7 nitrogen and oxygen atoms in total. The minimum Gasteiger partial charge on any atom is -0.354 e. The molecule has 10 heteroatoms. The zero-order valence-corrected chi connectivity index (χ0v) is 23.8. The van der Waals surface area contributed by atoms with Crippen molar-refractivity contribution in [2.75, 3.05) is 17.4 Å². The molecule has 0 saturated carbocycles. The third kappa shape index (κ3) is 7.72. The maximum absolute atomic E-state index is 13.8. The van der Waals surface area contributed by atoms with Crippen molar-refractivity contribution in [2.24, 2.45) is 5.92 Å². The van der Waals surface area contributed by atoms with E-state index in [1.165, 1.54) is 23.1 Å². The summed E-state index contributed by atoms with van der Waals surface area (Å²) in [7, 11) is -4.14. The van der Waals surface area contributed by atoms with E-state index in [9.17, 15) is 18.0 Å².